The molecule has 2 atom stereocenters. The van der Waals surface area contributed by atoms with Gasteiger partial charge in [0.1, 0.15) is 0 Å². The third kappa shape index (κ3) is 1.84. The molecule has 0 amide bonds. The predicted molar refractivity (Wildman–Crippen MR) is 74.4 cm³/mol. The molecular weight excluding hydrogens is 222 g/mol. The molecule has 0 bridgehead atoms. The van der Waals surface area contributed by atoms with Crippen LogP contribution in [0.4, 0.5) is 0 Å². The third-order valence-electron chi connectivity index (χ3n) is 6.39. The van der Waals surface area contributed by atoms with Gasteiger partial charge in [-0.2, -0.15) is 0 Å². The zero-order chi connectivity index (χ0) is 12.9. The van der Waals surface area contributed by atoms with E-state index in [0.717, 1.165) is 6.61 Å². The van der Waals surface area contributed by atoms with E-state index in [9.17, 15) is 0 Å². The quantitative estimate of drug-likeness (QED) is 0.772. The molecule has 2 heteroatoms. The fraction of sp³-hybridized carbons (Fsp3) is 1.00. The molecule has 2 N–H and O–H groups in total. The molecule has 2 aliphatic carbocycles. The SMILES string of the molecule is CC1(C)CCCC1(N)C1CCOC2(CCCC2)C1. The second kappa shape index (κ2) is 4.21. The zero-order valence-corrected chi connectivity index (χ0v) is 12.1. The molecule has 2 saturated carbocycles. The number of rotatable bonds is 1. The van der Waals surface area contributed by atoms with Gasteiger partial charge in [-0.15, -0.1) is 0 Å². The minimum absolute atomic E-state index is 0.0619. The van der Waals surface area contributed by atoms with Gasteiger partial charge in [-0.05, 0) is 49.9 Å². The van der Waals surface area contributed by atoms with Crippen LogP contribution < -0.4 is 5.73 Å². The summed E-state index contributed by atoms with van der Waals surface area (Å²) >= 11 is 0. The molecule has 2 unspecified atom stereocenters. The molecule has 0 radical (unpaired) electrons. The van der Waals surface area contributed by atoms with Gasteiger partial charge < -0.3 is 10.5 Å². The third-order valence-corrected chi connectivity index (χ3v) is 6.39. The summed E-state index contributed by atoms with van der Waals surface area (Å²) in [7, 11) is 0. The minimum atomic E-state index is 0.0619. The topological polar surface area (TPSA) is 35.2 Å². The fourth-order valence-electron chi connectivity index (χ4n) is 4.99. The Labute approximate surface area is 112 Å². The van der Waals surface area contributed by atoms with Gasteiger partial charge in [0.2, 0.25) is 0 Å². The second-order valence-electron chi connectivity index (χ2n) is 7.71. The number of hydrogen-bond donors (Lipinski definition) is 1. The Bertz CT molecular complexity index is 319. The van der Waals surface area contributed by atoms with Crippen LogP contribution in [0, 0.1) is 11.3 Å². The minimum Gasteiger partial charge on any atom is -0.375 e. The van der Waals surface area contributed by atoms with Crippen molar-refractivity contribution in [2.75, 3.05) is 6.61 Å². The van der Waals surface area contributed by atoms with Crippen LogP contribution in [0.15, 0.2) is 0 Å². The van der Waals surface area contributed by atoms with Crippen molar-refractivity contribution in [2.45, 2.75) is 82.8 Å². The van der Waals surface area contributed by atoms with Crippen molar-refractivity contribution >= 4 is 0 Å². The summed E-state index contributed by atoms with van der Waals surface area (Å²) in [6.07, 6.45) is 11.5. The first-order valence-electron chi connectivity index (χ1n) is 7.90. The van der Waals surface area contributed by atoms with E-state index in [1.807, 2.05) is 0 Å². The van der Waals surface area contributed by atoms with Crippen molar-refractivity contribution in [1.82, 2.24) is 0 Å². The summed E-state index contributed by atoms with van der Waals surface area (Å²) < 4.78 is 6.17. The number of nitrogens with two attached hydrogens (primary N) is 1. The summed E-state index contributed by atoms with van der Waals surface area (Å²) in [5, 5.41) is 0. The maximum atomic E-state index is 6.91. The smallest absolute Gasteiger partial charge is 0.0685 e. The normalized spacial score (nSPS) is 42.5. The van der Waals surface area contributed by atoms with Crippen LogP contribution >= 0.6 is 0 Å². The first-order valence-corrected chi connectivity index (χ1v) is 7.90. The van der Waals surface area contributed by atoms with Crippen LogP contribution in [0.2, 0.25) is 0 Å². The van der Waals surface area contributed by atoms with Crippen molar-refractivity contribution in [2.24, 2.45) is 17.1 Å². The highest BCUT2D eigenvalue weighted by atomic mass is 16.5. The zero-order valence-electron chi connectivity index (χ0n) is 12.1. The van der Waals surface area contributed by atoms with E-state index in [1.165, 1.54) is 57.8 Å². The van der Waals surface area contributed by atoms with Gasteiger partial charge in [0.15, 0.2) is 0 Å². The van der Waals surface area contributed by atoms with Crippen LogP contribution in [0.1, 0.15) is 71.6 Å². The highest BCUT2D eigenvalue weighted by Gasteiger charge is 2.54. The number of ether oxygens (including phenoxy) is 1. The Hall–Kier alpha value is -0.0800. The molecule has 2 nitrogen and oxygen atoms in total. The summed E-state index contributed by atoms with van der Waals surface area (Å²) in [6.45, 7) is 5.72. The molecule has 1 spiro atoms. The van der Waals surface area contributed by atoms with Crippen LogP contribution in [-0.4, -0.2) is 17.7 Å². The first kappa shape index (κ1) is 12.9. The number of hydrogen-bond acceptors (Lipinski definition) is 2. The van der Waals surface area contributed by atoms with E-state index in [-0.39, 0.29) is 11.1 Å². The van der Waals surface area contributed by atoms with E-state index in [2.05, 4.69) is 13.8 Å². The van der Waals surface area contributed by atoms with Gasteiger partial charge in [-0.1, -0.05) is 33.1 Å². The van der Waals surface area contributed by atoms with E-state index < -0.39 is 0 Å². The van der Waals surface area contributed by atoms with Gasteiger partial charge in [0.05, 0.1) is 5.60 Å². The Balaban J connectivity index is 1.80. The van der Waals surface area contributed by atoms with E-state index >= 15 is 0 Å². The summed E-state index contributed by atoms with van der Waals surface area (Å²) in [5.74, 6) is 0.682. The van der Waals surface area contributed by atoms with Crippen molar-refractivity contribution < 1.29 is 4.74 Å². The van der Waals surface area contributed by atoms with Crippen LogP contribution in [0.3, 0.4) is 0 Å². The van der Waals surface area contributed by atoms with Gasteiger partial charge in [-0.3, -0.25) is 0 Å². The average Bonchev–Trinajstić information content (AvgIpc) is 2.86. The summed E-state index contributed by atoms with van der Waals surface area (Å²) in [5.41, 5.74) is 7.50. The Morgan fingerprint density at radius 3 is 2.33 bits per heavy atom. The molecular formula is C16H29NO. The van der Waals surface area contributed by atoms with E-state index in [0.29, 0.717) is 11.3 Å². The summed E-state index contributed by atoms with van der Waals surface area (Å²) in [4.78, 5) is 0. The van der Waals surface area contributed by atoms with Crippen molar-refractivity contribution in [3.05, 3.63) is 0 Å². The maximum Gasteiger partial charge on any atom is 0.0685 e. The van der Waals surface area contributed by atoms with Gasteiger partial charge in [0.25, 0.3) is 0 Å². The van der Waals surface area contributed by atoms with Crippen LogP contribution in [-0.2, 0) is 4.74 Å². The molecule has 18 heavy (non-hydrogen) atoms. The van der Waals surface area contributed by atoms with Crippen molar-refractivity contribution in [1.29, 1.82) is 0 Å². The average molecular weight is 251 g/mol. The van der Waals surface area contributed by atoms with Gasteiger partial charge >= 0.3 is 0 Å². The molecule has 104 valence electrons. The molecule has 0 aromatic heterocycles. The second-order valence-corrected chi connectivity index (χ2v) is 7.71. The Morgan fingerprint density at radius 2 is 1.72 bits per heavy atom. The molecule has 3 rings (SSSR count). The molecule has 0 aromatic rings. The van der Waals surface area contributed by atoms with Crippen molar-refractivity contribution in [3.63, 3.8) is 0 Å². The van der Waals surface area contributed by atoms with Crippen molar-refractivity contribution in [3.8, 4) is 0 Å². The first-order chi connectivity index (χ1) is 8.48. The van der Waals surface area contributed by atoms with Gasteiger partial charge in [-0.25, -0.2) is 0 Å². The van der Waals surface area contributed by atoms with Gasteiger partial charge in [0, 0.05) is 12.1 Å². The molecule has 1 heterocycles. The lowest BCUT2D eigenvalue weighted by molar-refractivity contribution is -0.113. The highest BCUT2D eigenvalue weighted by Crippen LogP contribution is 2.54. The Kier molecular flexibility index (Phi) is 3.02. The van der Waals surface area contributed by atoms with Crippen LogP contribution in [0.25, 0.3) is 0 Å². The largest absolute Gasteiger partial charge is 0.375 e. The molecule has 0 aromatic carbocycles. The lowest BCUT2D eigenvalue weighted by Gasteiger charge is -2.50. The fourth-order valence-corrected chi connectivity index (χ4v) is 4.99. The predicted octanol–water partition coefficient (Wildman–Crippen LogP) is 3.63. The summed E-state index contributed by atoms with van der Waals surface area (Å²) in [6, 6.07) is 0. The molecule has 3 aliphatic rings. The lowest BCUT2D eigenvalue weighted by atomic mass is 9.63. The molecule has 3 fully saturated rings. The monoisotopic (exact) mass is 251 g/mol. The molecule has 1 saturated heterocycles. The van der Waals surface area contributed by atoms with E-state index in [1.54, 1.807) is 0 Å². The Morgan fingerprint density at radius 1 is 1.00 bits per heavy atom. The maximum absolute atomic E-state index is 6.91. The molecule has 1 aliphatic heterocycles. The van der Waals surface area contributed by atoms with E-state index in [4.69, 9.17) is 10.5 Å². The standard InChI is InChI=1S/C16H29NO/c1-14(2)7-5-10-16(14,17)13-6-11-18-15(12-13)8-3-4-9-15/h13H,3-12,17H2,1-2H3. The lowest BCUT2D eigenvalue weighted by Crippen LogP contribution is -2.58. The van der Waals surface area contributed by atoms with Crippen LogP contribution in [0.5, 0.6) is 0 Å². The highest BCUT2D eigenvalue weighted by molar-refractivity contribution is 5.09.